The zero-order valence-corrected chi connectivity index (χ0v) is 5.85. The first-order valence-electron chi connectivity index (χ1n) is 2.45. The molecule has 0 radical (unpaired) electrons. The molecule has 3 N–H and O–H groups in total. The Balaban J connectivity index is 0. The summed E-state index contributed by atoms with van der Waals surface area (Å²) in [6.45, 7) is 2.23. The van der Waals surface area contributed by atoms with Crippen molar-refractivity contribution in [3.8, 4) is 0 Å². The van der Waals surface area contributed by atoms with Crippen molar-refractivity contribution in [1.29, 1.82) is 0 Å². The molecule has 0 heterocycles. The maximum atomic E-state index is 10.3. The number of methoxy groups -OCH3 is 1. The second-order valence-corrected chi connectivity index (χ2v) is 1.24. The highest BCUT2D eigenvalue weighted by molar-refractivity contribution is 5.70. The van der Waals surface area contributed by atoms with Crippen molar-refractivity contribution in [2.45, 2.75) is 6.92 Å². The summed E-state index contributed by atoms with van der Waals surface area (Å²) in [5.41, 5.74) is 0. The molecule has 0 aromatic rings. The smallest absolute Gasteiger partial charge is 0.332 e. The average molecular weight is 135 g/mol. The number of ether oxygens (including phenoxy) is 2. The molecule has 56 valence electrons. The predicted octanol–water partition coefficient (Wildman–Crippen LogP) is 0.358. The van der Waals surface area contributed by atoms with Gasteiger partial charge in [-0.3, -0.25) is 0 Å². The maximum Gasteiger partial charge on any atom is 0.332 e. The van der Waals surface area contributed by atoms with Crippen molar-refractivity contribution in [3.63, 3.8) is 0 Å². The van der Waals surface area contributed by atoms with E-state index in [-0.39, 0.29) is 18.7 Å². The van der Waals surface area contributed by atoms with Crippen LogP contribution in [0, 0.1) is 0 Å². The van der Waals surface area contributed by atoms with Crippen LogP contribution in [-0.2, 0) is 14.3 Å². The van der Waals surface area contributed by atoms with Gasteiger partial charge < -0.3 is 15.6 Å². The molecular weight excluding hydrogens is 122 g/mol. The van der Waals surface area contributed by atoms with Crippen LogP contribution in [0.1, 0.15) is 6.92 Å². The molecule has 0 unspecified atom stereocenters. The fraction of sp³-hybridized carbons (Fsp3) is 0.800. The molecule has 0 amide bonds. The Morgan fingerprint density at radius 1 is 1.56 bits per heavy atom. The monoisotopic (exact) mass is 135 g/mol. The highest BCUT2D eigenvalue weighted by atomic mass is 16.6. The minimum Gasteiger partial charge on any atom is -0.464 e. The van der Waals surface area contributed by atoms with E-state index in [0.29, 0.717) is 6.61 Å². The Bertz CT molecular complexity index is 66.6. The van der Waals surface area contributed by atoms with E-state index in [1.165, 1.54) is 7.11 Å². The van der Waals surface area contributed by atoms with Gasteiger partial charge in [-0.25, -0.2) is 4.79 Å². The zero-order valence-electron chi connectivity index (χ0n) is 5.85. The highest BCUT2D eigenvalue weighted by Crippen LogP contribution is 1.76. The quantitative estimate of drug-likeness (QED) is 0.567. The van der Waals surface area contributed by atoms with E-state index < -0.39 is 0 Å². The highest BCUT2D eigenvalue weighted by Gasteiger charge is 1.96. The van der Waals surface area contributed by atoms with Crippen LogP contribution in [0.4, 0.5) is 0 Å². The number of carbonyl (C=O) groups is 1. The van der Waals surface area contributed by atoms with Gasteiger partial charge in [0.05, 0.1) is 6.61 Å². The summed E-state index contributed by atoms with van der Waals surface area (Å²) in [5, 5.41) is 0. The number of esters is 1. The van der Waals surface area contributed by atoms with Gasteiger partial charge in [0.25, 0.3) is 0 Å². The molecule has 0 spiro atoms. The minimum atomic E-state index is -0.310. The summed E-state index contributed by atoms with van der Waals surface area (Å²) >= 11 is 0. The van der Waals surface area contributed by atoms with E-state index in [1.807, 2.05) is 0 Å². The van der Waals surface area contributed by atoms with Gasteiger partial charge in [-0.2, -0.15) is 0 Å². The lowest BCUT2D eigenvalue weighted by atomic mass is 10.7. The molecule has 0 rings (SSSR count). The summed E-state index contributed by atoms with van der Waals surface area (Å²) in [6.07, 6.45) is 0. The Morgan fingerprint density at radius 3 is 2.44 bits per heavy atom. The topological polar surface area (TPSA) is 70.5 Å². The van der Waals surface area contributed by atoms with Crippen molar-refractivity contribution < 1.29 is 14.3 Å². The lowest BCUT2D eigenvalue weighted by Crippen LogP contribution is -2.10. The van der Waals surface area contributed by atoms with Crippen molar-refractivity contribution in [2.24, 2.45) is 0 Å². The third kappa shape index (κ3) is 7.39. The van der Waals surface area contributed by atoms with Crippen molar-refractivity contribution >= 4 is 5.97 Å². The van der Waals surface area contributed by atoms with E-state index >= 15 is 0 Å². The standard InChI is InChI=1S/C5H10O3.H3N/c1-3-8-5(6)4-7-2;/h3-4H2,1-2H3;1H3. The van der Waals surface area contributed by atoms with Gasteiger partial charge in [0.1, 0.15) is 6.61 Å². The second kappa shape index (κ2) is 7.39. The van der Waals surface area contributed by atoms with E-state index in [0.717, 1.165) is 0 Å². The molecule has 0 aliphatic heterocycles. The molecule has 0 saturated heterocycles. The first-order chi connectivity index (χ1) is 3.81. The largest absolute Gasteiger partial charge is 0.464 e. The third-order valence-corrected chi connectivity index (χ3v) is 0.568. The van der Waals surface area contributed by atoms with E-state index in [9.17, 15) is 4.79 Å². The molecule has 0 aromatic carbocycles. The van der Waals surface area contributed by atoms with Gasteiger partial charge in [-0.05, 0) is 6.92 Å². The molecule has 0 fully saturated rings. The molecule has 0 saturated carbocycles. The van der Waals surface area contributed by atoms with Crippen LogP contribution >= 0.6 is 0 Å². The average Bonchev–Trinajstić information content (AvgIpc) is 1.68. The Hall–Kier alpha value is -0.610. The third-order valence-electron chi connectivity index (χ3n) is 0.568. The summed E-state index contributed by atoms with van der Waals surface area (Å²) < 4.78 is 9.00. The van der Waals surface area contributed by atoms with Crippen molar-refractivity contribution in [3.05, 3.63) is 0 Å². The minimum absolute atomic E-state index is 0. The van der Waals surface area contributed by atoms with Crippen LogP contribution in [0.15, 0.2) is 0 Å². The summed E-state index contributed by atoms with van der Waals surface area (Å²) in [6, 6.07) is 0. The molecular formula is C5H13NO3. The summed E-state index contributed by atoms with van der Waals surface area (Å²) in [5.74, 6) is -0.310. The first kappa shape index (κ1) is 11.2. The van der Waals surface area contributed by atoms with E-state index in [1.54, 1.807) is 6.92 Å². The lowest BCUT2D eigenvalue weighted by Gasteiger charge is -1.97. The molecule has 4 nitrogen and oxygen atoms in total. The van der Waals surface area contributed by atoms with Crippen molar-refractivity contribution in [2.75, 3.05) is 20.3 Å². The summed E-state index contributed by atoms with van der Waals surface area (Å²) in [4.78, 5) is 10.3. The van der Waals surface area contributed by atoms with Crippen LogP contribution in [-0.4, -0.2) is 26.3 Å². The number of rotatable bonds is 3. The molecule has 9 heavy (non-hydrogen) atoms. The molecule has 0 aromatic heterocycles. The van der Waals surface area contributed by atoms with Crippen LogP contribution in [0.2, 0.25) is 0 Å². The van der Waals surface area contributed by atoms with Gasteiger partial charge in [0.2, 0.25) is 0 Å². The number of hydrogen-bond acceptors (Lipinski definition) is 4. The lowest BCUT2D eigenvalue weighted by molar-refractivity contribution is -0.147. The Kier molecular flexibility index (Phi) is 9.21. The fourth-order valence-electron chi connectivity index (χ4n) is 0.321. The zero-order chi connectivity index (χ0) is 6.41. The van der Waals surface area contributed by atoms with Gasteiger partial charge >= 0.3 is 5.97 Å². The molecule has 0 aliphatic rings. The fourth-order valence-corrected chi connectivity index (χ4v) is 0.321. The number of carbonyl (C=O) groups excluding carboxylic acids is 1. The number of hydrogen-bond donors (Lipinski definition) is 1. The molecule has 4 heteroatoms. The molecule has 0 bridgehead atoms. The molecule has 0 aliphatic carbocycles. The first-order valence-corrected chi connectivity index (χ1v) is 2.45. The van der Waals surface area contributed by atoms with Gasteiger partial charge in [-0.1, -0.05) is 0 Å². The van der Waals surface area contributed by atoms with Gasteiger partial charge in [-0.15, -0.1) is 0 Å². The van der Waals surface area contributed by atoms with Gasteiger partial charge in [0.15, 0.2) is 0 Å². The Morgan fingerprint density at radius 2 is 2.11 bits per heavy atom. The Labute approximate surface area is 54.7 Å². The van der Waals surface area contributed by atoms with Crippen molar-refractivity contribution in [1.82, 2.24) is 6.15 Å². The normalized spacial score (nSPS) is 7.78. The molecule has 0 atom stereocenters. The van der Waals surface area contributed by atoms with Crippen LogP contribution in [0.5, 0.6) is 0 Å². The van der Waals surface area contributed by atoms with Crippen LogP contribution in [0.25, 0.3) is 0 Å². The maximum absolute atomic E-state index is 10.3. The SMILES string of the molecule is CCOC(=O)COC.N. The summed E-state index contributed by atoms with van der Waals surface area (Å²) in [7, 11) is 1.46. The van der Waals surface area contributed by atoms with E-state index in [2.05, 4.69) is 9.47 Å². The predicted molar refractivity (Wildman–Crippen MR) is 33.5 cm³/mol. The van der Waals surface area contributed by atoms with Crippen LogP contribution < -0.4 is 6.15 Å². The van der Waals surface area contributed by atoms with E-state index in [4.69, 9.17) is 0 Å². The van der Waals surface area contributed by atoms with Gasteiger partial charge in [0, 0.05) is 7.11 Å². The second-order valence-electron chi connectivity index (χ2n) is 1.24. The van der Waals surface area contributed by atoms with Crippen LogP contribution in [0.3, 0.4) is 0 Å².